The average molecular weight is 315 g/mol. The predicted molar refractivity (Wildman–Crippen MR) is 80.1 cm³/mol. The van der Waals surface area contributed by atoms with Crippen LogP contribution >= 0.6 is 0 Å². The number of ether oxygens (including phenoxy) is 1. The van der Waals surface area contributed by atoms with Crippen molar-refractivity contribution in [2.45, 2.75) is 6.10 Å². The van der Waals surface area contributed by atoms with Crippen LogP contribution in [0, 0.1) is 10.1 Å². The molecule has 1 aliphatic heterocycles. The highest BCUT2D eigenvalue weighted by molar-refractivity contribution is 5.99. The van der Waals surface area contributed by atoms with E-state index >= 15 is 0 Å². The summed E-state index contributed by atoms with van der Waals surface area (Å²) in [6, 6.07) is 11.5. The molecule has 0 aliphatic carbocycles. The highest BCUT2D eigenvalue weighted by atomic mass is 16.6. The third-order valence-electron chi connectivity index (χ3n) is 3.43. The van der Waals surface area contributed by atoms with Crippen molar-refractivity contribution in [2.75, 3.05) is 18.1 Å². The average Bonchev–Trinajstić information content (AvgIpc) is 2.57. The van der Waals surface area contributed by atoms with Gasteiger partial charge in [-0.2, -0.15) is 0 Å². The van der Waals surface area contributed by atoms with Gasteiger partial charge < -0.3 is 20.0 Å². The molecule has 23 heavy (non-hydrogen) atoms. The van der Waals surface area contributed by atoms with Gasteiger partial charge in [0.25, 0.3) is 11.7 Å². The Morgan fingerprint density at radius 1 is 1.26 bits per heavy atom. The number of carbonyl (C=O) groups is 1. The zero-order valence-corrected chi connectivity index (χ0v) is 12.0. The Labute approximate surface area is 131 Å². The van der Waals surface area contributed by atoms with Crippen molar-refractivity contribution in [2.24, 2.45) is 0 Å². The summed E-state index contributed by atoms with van der Waals surface area (Å²) in [7, 11) is 0. The van der Waals surface area contributed by atoms with Crippen LogP contribution in [-0.2, 0) is 4.79 Å². The first kappa shape index (κ1) is 14.9. The molecule has 0 saturated carbocycles. The van der Waals surface area contributed by atoms with E-state index in [2.05, 4.69) is 4.98 Å². The second-order valence-corrected chi connectivity index (χ2v) is 4.87. The molecule has 1 atom stereocenters. The number of nitrogens with zero attached hydrogens (tertiary/aromatic N) is 3. The van der Waals surface area contributed by atoms with Crippen molar-refractivity contribution >= 4 is 17.5 Å². The van der Waals surface area contributed by atoms with Crippen molar-refractivity contribution in [1.82, 2.24) is 4.98 Å². The van der Waals surface area contributed by atoms with Crippen molar-refractivity contribution < 1.29 is 19.6 Å². The normalized spacial score (nSPS) is 16.7. The maximum absolute atomic E-state index is 12.6. The SMILES string of the molecule is O=C1C(c2ccccc2)Oc2ccc([N+](=O)[O-])nc2N1CCO. The van der Waals surface area contributed by atoms with E-state index in [0.29, 0.717) is 5.56 Å². The number of fused-ring (bicyclic) bond motifs is 1. The molecule has 2 aromatic rings. The monoisotopic (exact) mass is 315 g/mol. The van der Waals surface area contributed by atoms with Gasteiger partial charge in [0, 0.05) is 11.6 Å². The summed E-state index contributed by atoms with van der Waals surface area (Å²) >= 11 is 0. The lowest BCUT2D eigenvalue weighted by atomic mass is 10.1. The first-order valence-corrected chi connectivity index (χ1v) is 6.91. The van der Waals surface area contributed by atoms with E-state index in [1.165, 1.54) is 17.0 Å². The molecular weight excluding hydrogens is 302 g/mol. The van der Waals surface area contributed by atoms with Crippen LogP contribution in [0.15, 0.2) is 42.5 Å². The van der Waals surface area contributed by atoms with E-state index in [1.807, 2.05) is 6.07 Å². The van der Waals surface area contributed by atoms with E-state index in [1.54, 1.807) is 24.3 Å². The Hall–Kier alpha value is -3.00. The summed E-state index contributed by atoms with van der Waals surface area (Å²) in [6.07, 6.45) is -0.876. The van der Waals surface area contributed by atoms with Crippen molar-refractivity contribution in [1.29, 1.82) is 0 Å². The lowest BCUT2D eigenvalue weighted by Crippen LogP contribution is -2.43. The highest BCUT2D eigenvalue weighted by Crippen LogP contribution is 2.38. The van der Waals surface area contributed by atoms with Gasteiger partial charge in [0.1, 0.15) is 0 Å². The fourth-order valence-electron chi connectivity index (χ4n) is 2.39. The number of nitro groups is 1. The number of aliphatic hydroxyl groups excluding tert-OH is 1. The molecule has 8 heteroatoms. The number of β-amino-alcohol motifs (C(OH)–C–C–N with tert-alkyl or cyclic N) is 1. The van der Waals surface area contributed by atoms with Gasteiger partial charge in [0.05, 0.1) is 13.2 Å². The Morgan fingerprint density at radius 3 is 2.65 bits per heavy atom. The van der Waals surface area contributed by atoms with Crippen LogP contribution in [0.4, 0.5) is 11.6 Å². The number of benzene rings is 1. The van der Waals surface area contributed by atoms with Crippen LogP contribution in [-0.4, -0.2) is 34.1 Å². The Kier molecular flexibility index (Phi) is 3.90. The Bertz CT molecular complexity index is 750. The van der Waals surface area contributed by atoms with Gasteiger partial charge in [0.15, 0.2) is 5.75 Å². The lowest BCUT2D eigenvalue weighted by molar-refractivity contribution is -0.389. The number of hydrogen-bond donors (Lipinski definition) is 1. The molecule has 1 aromatic heterocycles. The smallest absolute Gasteiger partial charge is 0.366 e. The molecule has 0 bridgehead atoms. The topological polar surface area (TPSA) is 106 Å². The Morgan fingerprint density at radius 2 is 2.00 bits per heavy atom. The van der Waals surface area contributed by atoms with Gasteiger partial charge in [-0.1, -0.05) is 30.3 Å². The van der Waals surface area contributed by atoms with Crippen molar-refractivity contribution in [3.05, 3.63) is 58.1 Å². The van der Waals surface area contributed by atoms with Gasteiger partial charge in [-0.05, 0) is 16.0 Å². The summed E-state index contributed by atoms with van der Waals surface area (Å²) in [6.45, 7) is -0.316. The number of pyridine rings is 1. The maximum atomic E-state index is 12.6. The van der Waals surface area contributed by atoms with Gasteiger partial charge >= 0.3 is 5.82 Å². The first-order valence-electron chi connectivity index (χ1n) is 6.91. The summed E-state index contributed by atoms with van der Waals surface area (Å²) in [5, 5.41) is 20.1. The zero-order valence-electron chi connectivity index (χ0n) is 12.0. The van der Waals surface area contributed by atoms with Crippen LogP contribution in [0.2, 0.25) is 0 Å². The molecule has 1 aliphatic rings. The second kappa shape index (κ2) is 6.01. The standard InChI is InChI=1S/C15H13N3O5/c19-9-8-17-14-11(6-7-12(16-14)18(21)22)23-13(15(17)20)10-4-2-1-3-5-10/h1-7,13,19H,8-9H2. The van der Waals surface area contributed by atoms with Gasteiger partial charge in [-0.15, -0.1) is 0 Å². The largest absolute Gasteiger partial charge is 0.469 e. The number of hydrogen-bond acceptors (Lipinski definition) is 6. The van der Waals surface area contributed by atoms with Crippen LogP contribution in [0.25, 0.3) is 0 Å². The molecule has 1 aromatic carbocycles. The molecule has 1 unspecified atom stereocenters. The van der Waals surface area contributed by atoms with E-state index in [9.17, 15) is 20.0 Å². The van der Waals surface area contributed by atoms with E-state index in [0.717, 1.165) is 0 Å². The molecule has 0 fully saturated rings. The summed E-state index contributed by atoms with van der Waals surface area (Å²) in [4.78, 5) is 27.9. The van der Waals surface area contributed by atoms with E-state index in [-0.39, 0.29) is 30.5 Å². The molecule has 1 N–H and O–H groups in total. The van der Waals surface area contributed by atoms with E-state index in [4.69, 9.17) is 4.74 Å². The van der Waals surface area contributed by atoms with Gasteiger partial charge in [-0.25, -0.2) is 0 Å². The fraction of sp³-hybridized carbons (Fsp3) is 0.200. The van der Waals surface area contributed by atoms with Crippen molar-refractivity contribution in [3.8, 4) is 5.75 Å². The minimum atomic E-state index is -0.876. The fourth-order valence-corrected chi connectivity index (χ4v) is 2.39. The summed E-state index contributed by atoms with van der Waals surface area (Å²) in [5.41, 5.74) is 0.657. The number of anilines is 1. The molecule has 118 valence electrons. The molecule has 8 nitrogen and oxygen atoms in total. The minimum absolute atomic E-state index is 0.0211. The molecular formula is C15H13N3O5. The number of aromatic nitrogens is 1. The lowest BCUT2D eigenvalue weighted by Gasteiger charge is -2.30. The minimum Gasteiger partial charge on any atom is -0.469 e. The highest BCUT2D eigenvalue weighted by Gasteiger charge is 2.39. The molecule has 0 radical (unpaired) electrons. The predicted octanol–water partition coefficient (Wildman–Crippen LogP) is 1.45. The zero-order chi connectivity index (χ0) is 16.4. The van der Waals surface area contributed by atoms with Crippen LogP contribution in [0.5, 0.6) is 5.75 Å². The second-order valence-electron chi connectivity index (χ2n) is 4.87. The Balaban J connectivity index is 2.06. The van der Waals surface area contributed by atoms with Crippen molar-refractivity contribution in [3.63, 3.8) is 0 Å². The van der Waals surface area contributed by atoms with Gasteiger partial charge in [0.2, 0.25) is 6.10 Å². The summed E-state index contributed by atoms with van der Waals surface area (Å²) in [5.74, 6) is -0.505. The molecule has 1 amide bonds. The quantitative estimate of drug-likeness (QED) is 0.676. The molecule has 0 spiro atoms. The third kappa shape index (κ3) is 2.71. The van der Waals surface area contributed by atoms with Crippen LogP contribution in [0.3, 0.4) is 0 Å². The third-order valence-corrected chi connectivity index (χ3v) is 3.43. The van der Waals surface area contributed by atoms with Crippen LogP contribution in [0.1, 0.15) is 11.7 Å². The van der Waals surface area contributed by atoms with Gasteiger partial charge in [-0.3, -0.25) is 9.69 Å². The summed E-state index contributed by atoms with van der Waals surface area (Å²) < 4.78 is 5.68. The number of carbonyl (C=O) groups excluding carboxylic acids is 1. The number of amides is 1. The molecule has 3 rings (SSSR count). The molecule has 2 heterocycles. The maximum Gasteiger partial charge on any atom is 0.366 e. The number of aliphatic hydroxyl groups is 1. The molecule has 0 saturated heterocycles. The van der Waals surface area contributed by atoms with E-state index < -0.39 is 16.9 Å². The number of rotatable bonds is 4. The van der Waals surface area contributed by atoms with Crippen LogP contribution < -0.4 is 9.64 Å². The first-order chi connectivity index (χ1) is 11.1.